The summed E-state index contributed by atoms with van der Waals surface area (Å²) in [6.45, 7) is 1.90. The number of amides is 1. The van der Waals surface area contributed by atoms with E-state index in [-0.39, 0.29) is 11.2 Å². The molecule has 1 fully saturated rings. The topological polar surface area (TPSA) is 69.0 Å². The number of hydrogen-bond acceptors (Lipinski definition) is 6. The van der Waals surface area contributed by atoms with Crippen LogP contribution in [0, 0.1) is 0 Å². The number of ether oxygens (including phenoxy) is 1. The first-order valence-electron chi connectivity index (χ1n) is 8.77. The van der Waals surface area contributed by atoms with E-state index in [1.54, 1.807) is 18.4 Å². The van der Waals surface area contributed by atoms with E-state index < -0.39 is 0 Å². The second-order valence-electron chi connectivity index (χ2n) is 6.33. The number of para-hydroxylation sites is 2. The molecule has 0 aliphatic heterocycles. The summed E-state index contributed by atoms with van der Waals surface area (Å²) in [6, 6.07) is 12.1. The van der Waals surface area contributed by atoms with Crippen LogP contribution in [0.4, 0.5) is 0 Å². The van der Waals surface area contributed by atoms with Crippen LogP contribution in [-0.4, -0.2) is 39.1 Å². The van der Waals surface area contributed by atoms with Crippen molar-refractivity contribution in [1.82, 2.24) is 20.1 Å². The fourth-order valence-electron chi connectivity index (χ4n) is 2.70. The summed E-state index contributed by atoms with van der Waals surface area (Å²) in [5.41, 5.74) is 0.853. The molecule has 0 bridgehead atoms. The van der Waals surface area contributed by atoms with Gasteiger partial charge in [-0.05, 0) is 43.3 Å². The van der Waals surface area contributed by atoms with Gasteiger partial charge in [-0.15, -0.1) is 21.5 Å². The summed E-state index contributed by atoms with van der Waals surface area (Å²) >= 11 is 3.01. The summed E-state index contributed by atoms with van der Waals surface area (Å²) in [5.74, 6) is 1.51. The van der Waals surface area contributed by atoms with Crippen LogP contribution in [0.25, 0.3) is 16.4 Å². The summed E-state index contributed by atoms with van der Waals surface area (Å²) in [4.78, 5) is 13.4. The minimum atomic E-state index is -0.264. The lowest BCUT2D eigenvalue weighted by Crippen LogP contribution is -2.32. The quantitative estimate of drug-likeness (QED) is 0.612. The van der Waals surface area contributed by atoms with Crippen LogP contribution in [-0.2, 0) is 4.79 Å². The lowest BCUT2D eigenvalue weighted by Gasteiger charge is -2.15. The number of nitrogens with zero attached hydrogens (tertiary/aromatic N) is 3. The number of carbonyl (C=O) groups is 1. The Labute approximate surface area is 166 Å². The minimum Gasteiger partial charge on any atom is -0.495 e. The van der Waals surface area contributed by atoms with Crippen LogP contribution in [0.3, 0.4) is 0 Å². The van der Waals surface area contributed by atoms with E-state index in [2.05, 4.69) is 15.5 Å². The lowest BCUT2D eigenvalue weighted by molar-refractivity contribution is -0.120. The largest absolute Gasteiger partial charge is 0.495 e. The number of hydrogen-bond donors (Lipinski definition) is 1. The van der Waals surface area contributed by atoms with Gasteiger partial charge < -0.3 is 10.1 Å². The van der Waals surface area contributed by atoms with Crippen molar-refractivity contribution in [3.63, 3.8) is 0 Å². The number of rotatable bonds is 7. The number of nitrogens with one attached hydrogen (secondary N) is 1. The van der Waals surface area contributed by atoms with Crippen LogP contribution >= 0.6 is 23.1 Å². The van der Waals surface area contributed by atoms with Gasteiger partial charge in [0.2, 0.25) is 5.91 Å². The van der Waals surface area contributed by atoms with Gasteiger partial charge in [-0.3, -0.25) is 9.36 Å². The number of methoxy groups -OCH3 is 1. The first-order chi connectivity index (χ1) is 13.2. The van der Waals surface area contributed by atoms with Gasteiger partial charge in [0.25, 0.3) is 0 Å². The Kier molecular flexibility index (Phi) is 5.18. The monoisotopic (exact) mass is 400 g/mol. The second kappa shape index (κ2) is 7.74. The van der Waals surface area contributed by atoms with Gasteiger partial charge in [0.15, 0.2) is 11.0 Å². The smallest absolute Gasteiger partial charge is 0.233 e. The van der Waals surface area contributed by atoms with Crippen molar-refractivity contribution in [2.45, 2.75) is 36.2 Å². The summed E-state index contributed by atoms with van der Waals surface area (Å²) < 4.78 is 7.52. The van der Waals surface area contributed by atoms with Crippen LogP contribution in [0.1, 0.15) is 19.8 Å². The molecule has 8 heteroatoms. The zero-order chi connectivity index (χ0) is 18.8. The van der Waals surface area contributed by atoms with E-state index in [4.69, 9.17) is 4.74 Å². The van der Waals surface area contributed by atoms with Gasteiger partial charge in [0.1, 0.15) is 5.75 Å². The molecular weight excluding hydrogens is 380 g/mol. The van der Waals surface area contributed by atoms with Crippen molar-refractivity contribution in [1.29, 1.82) is 0 Å². The highest BCUT2D eigenvalue weighted by Gasteiger charge is 2.28. The molecule has 4 rings (SSSR count). The summed E-state index contributed by atoms with van der Waals surface area (Å²) in [7, 11) is 1.65. The van der Waals surface area contributed by atoms with E-state index in [0.717, 1.165) is 35.0 Å². The molecule has 3 aromatic rings. The Morgan fingerprint density at radius 1 is 1.30 bits per heavy atom. The summed E-state index contributed by atoms with van der Waals surface area (Å²) in [6.07, 6.45) is 2.14. The molecule has 2 heterocycles. The zero-order valence-corrected chi connectivity index (χ0v) is 16.7. The molecule has 6 nitrogen and oxygen atoms in total. The van der Waals surface area contributed by atoms with Gasteiger partial charge in [0, 0.05) is 6.04 Å². The van der Waals surface area contributed by atoms with E-state index in [0.29, 0.717) is 11.2 Å². The lowest BCUT2D eigenvalue weighted by atomic mass is 10.3. The van der Waals surface area contributed by atoms with E-state index >= 15 is 0 Å². The highest BCUT2D eigenvalue weighted by molar-refractivity contribution is 8.00. The highest BCUT2D eigenvalue weighted by atomic mass is 32.2. The second-order valence-corrected chi connectivity index (χ2v) is 8.59. The Morgan fingerprint density at radius 2 is 2.11 bits per heavy atom. The van der Waals surface area contributed by atoms with Crippen molar-refractivity contribution in [2.75, 3.05) is 7.11 Å². The molecule has 0 radical (unpaired) electrons. The maximum absolute atomic E-state index is 12.4. The van der Waals surface area contributed by atoms with Crippen LogP contribution < -0.4 is 10.1 Å². The molecule has 0 saturated heterocycles. The molecular formula is C19H20N4O2S2. The van der Waals surface area contributed by atoms with Gasteiger partial charge >= 0.3 is 0 Å². The maximum atomic E-state index is 12.4. The molecule has 0 spiro atoms. The molecule has 1 aliphatic rings. The number of thioether (sulfide) groups is 1. The fraction of sp³-hybridized carbons (Fsp3) is 0.316. The van der Waals surface area contributed by atoms with Crippen LogP contribution in [0.2, 0.25) is 0 Å². The predicted octanol–water partition coefficient (Wildman–Crippen LogP) is 3.76. The predicted molar refractivity (Wildman–Crippen MR) is 108 cm³/mol. The Morgan fingerprint density at radius 3 is 2.81 bits per heavy atom. The first kappa shape index (κ1) is 18.1. The van der Waals surface area contributed by atoms with Crippen molar-refractivity contribution in [3.8, 4) is 22.1 Å². The normalized spacial score (nSPS) is 14.7. The molecule has 1 unspecified atom stereocenters. The van der Waals surface area contributed by atoms with E-state index in [9.17, 15) is 4.79 Å². The number of benzene rings is 1. The third-order valence-electron chi connectivity index (χ3n) is 4.28. The third-order valence-corrected chi connectivity index (χ3v) is 6.18. The van der Waals surface area contributed by atoms with Crippen LogP contribution in [0.15, 0.2) is 46.9 Å². The summed E-state index contributed by atoms with van der Waals surface area (Å²) in [5, 5.41) is 14.3. The molecule has 27 heavy (non-hydrogen) atoms. The first-order valence-corrected chi connectivity index (χ1v) is 10.5. The Hall–Kier alpha value is -2.32. The SMILES string of the molecule is COc1ccccc1-n1c(SC(C)C(=O)NC2CC2)nnc1-c1cccs1. The number of carbonyl (C=O) groups excluding carboxylic acids is 1. The molecule has 1 atom stereocenters. The van der Waals surface area contributed by atoms with E-state index in [1.807, 2.05) is 53.3 Å². The highest BCUT2D eigenvalue weighted by Crippen LogP contribution is 2.35. The van der Waals surface area contributed by atoms with Crippen molar-refractivity contribution in [3.05, 3.63) is 41.8 Å². The molecule has 1 N–H and O–H groups in total. The third kappa shape index (κ3) is 3.86. The standard InChI is InChI=1S/C19H20N4O2S2/c1-12(18(24)20-13-9-10-13)27-19-22-21-17(16-8-5-11-26-16)23(19)14-6-3-4-7-15(14)25-2/h3-8,11-13H,9-10H2,1-2H3,(H,20,24). The van der Waals surface area contributed by atoms with Crippen LogP contribution in [0.5, 0.6) is 5.75 Å². The molecule has 1 aliphatic carbocycles. The molecule has 140 valence electrons. The molecule has 1 saturated carbocycles. The van der Waals surface area contributed by atoms with Gasteiger partial charge in [-0.1, -0.05) is 30.0 Å². The van der Waals surface area contributed by atoms with Gasteiger partial charge in [-0.25, -0.2) is 0 Å². The Balaban J connectivity index is 1.72. The number of thiophene rings is 1. The minimum absolute atomic E-state index is 0.0368. The van der Waals surface area contributed by atoms with Crippen molar-refractivity contribution >= 4 is 29.0 Å². The van der Waals surface area contributed by atoms with Crippen molar-refractivity contribution < 1.29 is 9.53 Å². The van der Waals surface area contributed by atoms with Crippen molar-refractivity contribution in [2.24, 2.45) is 0 Å². The number of aromatic nitrogens is 3. The van der Waals surface area contributed by atoms with E-state index in [1.165, 1.54) is 11.8 Å². The molecule has 1 aromatic carbocycles. The average Bonchev–Trinajstić information content (AvgIpc) is 3.17. The molecule has 1 amide bonds. The fourth-order valence-corrected chi connectivity index (χ4v) is 4.27. The molecule has 2 aromatic heterocycles. The Bertz CT molecular complexity index is 935. The zero-order valence-electron chi connectivity index (χ0n) is 15.1. The maximum Gasteiger partial charge on any atom is 0.233 e. The van der Waals surface area contributed by atoms with Gasteiger partial charge in [-0.2, -0.15) is 0 Å². The average molecular weight is 401 g/mol. The van der Waals surface area contributed by atoms with Gasteiger partial charge in [0.05, 0.1) is 22.9 Å².